The number of rotatable bonds is 6. The predicted octanol–water partition coefficient (Wildman–Crippen LogP) is 6.41. The fraction of sp³-hybridized carbons (Fsp3) is 0.179. The van der Waals surface area contributed by atoms with Gasteiger partial charge in [0.15, 0.2) is 0 Å². The molecular formula is C28H29N3O4. The van der Waals surface area contributed by atoms with Crippen molar-refractivity contribution in [1.29, 1.82) is 0 Å². The standard InChI is InChI=1S/C28H29N3O4/c1-19(32)29-23-15-13-22(14-16-23)26(33)30-25-18-21(11-10-20-8-6-5-7-9-20)12-17-24(25)31-27(34)35-28(2,3)4/h5-18H,1-4H3,(H,29,32)(H,30,33)(H,31,34). The topological polar surface area (TPSA) is 96.5 Å². The first-order valence-electron chi connectivity index (χ1n) is 11.2. The molecule has 180 valence electrons. The summed E-state index contributed by atoms with van der Waals surface area (Å²) in [5.74, 6) is -0.559. The minimum Gasteiger partial charge on any atom is -0.444 e. The van der Waals surface area contributed by atoms with Crippen molar-refractivity contribution in [3.63, 3.8) is 0 Å². The van der Waals surface area contributed by atoms with Crippen LogP contribution in [0.1, 0.15) is 49.2 Å². The molecule has 3 N–H and O–H groups in total. The van der Waals surface area contributed by atoms with Gasteiger partial charge in [-0.05, 0) is 68.3 Å². The van der Waals surface area contributed by atoms with E-state index in [-0.39, 0.29) is 11.8 Å². The van der Waals surface area contributed by atoms with Crippen molar-refractivity contribution in [3.8, 4) is 0 Å². The van der Waals surface area contributed by atoms with Gasteiger partial charge in [0.25, 0.3) is 5.91 Å². The first-order chi connectivity index (χ1) is 16.6. The average Bonchev–Trinajstić information content (AvgIpc) is 2.78. The normalized spacial score (nSPS) is 11.1. The van der Waals surface area contributed by atoms with Crippen LogP contribution < -0.4 is 16.0 Å². The monoisotopic (exact) mass is 471 g/mol. The molecule has 7 heteroatoms. The average molecular weight is 472 g/mol. The summed E-state index contributed by atoms with van der Waals surface area (Å²) in [6.45, 7) is 6.74. The maximum atomic E-state index is 12.9. The number of carbonyl (C=O) groups is 3. The summed E-state index contributed by atoms with van der Waals surface area (Å²) in [5, 5.41) is 8.24. The summed E-state index contributed by atoms with van der Waals surface area (Å²) in [4.78, 5) is 36.5. The molecule has 0 unspecified atom stereocenters. The van der Waals surface area contributed by atoms with E-state index in [2.05, 4.69) is 16.0 Å². The first-order valence-corrected chi connectivity index (χ1v) is 11.2. The van der Waals surface area contributed by atoms with Gasteiger partial charge in [-0.2, -0.15) is 0 Å². The van der Waals surface area contributed by atoms with E-state index in [1.54, 1.807) is 57.2 Å². The van der Waals surface area contributed by atoms with Crippen molar-refractivity contribution in [1.82, 2.24) is 0 Å². The maximum absolute atomic E-state index is 12.9. The number of benzene rings is 3. The molecule has 3 aromatic carbocycles. The van der Waals surface area contributed by atoms with Crippen LogP contribution in [0.25, 0.3) is 12.2 Å². The van der Waals surface area contributed by atoms with Crippen LogP contribution in [0.4, 0.5) is 21.9 Å². The SMILES string of the molecule is CC(=O)Nc1ccc(C(=O)Nc2cc(C=Cc3ccccc3)ccc2NC(=O)OC(C)(C)C)cc1. The number of hydrogen-bond acceptors (Lipinski definition) is 4. The van der Waals surface area contributed by atoms with Gasteiger partial charge in [-0.15, -0.1) is 0 Å². The van der Waals surface area contributed by atoms with E-state index in [0.717, 1.165) is 11.1 Å². The van der Waals surface area contributed by atoms with Crippen molar-refractivity contribution in [2.75, 3.05) is 16.0 Å². The van der Waals surface area contributed by atoms with E-state index in [4.69, 9.17) is 4.74 Å². The molecule has 3 rings (SSSR count). The minimum absolute atomic E-state index is 0.194. The number of ether oxygens (including phenoxy) is 1. The second kappa shape index (κ2) is 11.2. The molecule has 3 aromatic rings. The molecule has 0 bridgehead atoms. The summed E-state index contributed by atoms with van der Waals surface area (Å²) < 4.78 is 5.36. The Bertz CT molecular complexity index is 1230. The van der Waals surface area contributed by atoms with Crippen LogP contribution >= 0.6 is 0 Å². The Labute approximate surface area is 205 Å². The summed E-state index contributed by atoms with van der Waals surface area (Å²) in [7, 11) is 0. The molecule has 0 spiro atoms. The lowest BCUT2D eigenvalue weighted by molar-refractivity contribution is -0.114. The lowest BCUT2D eigenvalue weighted by Crippen LogP contribution is -2.27. The van der Waals surface area contributed by atoms with Crippen molar-refractivity contribution >= 4 is 47.1 Å². The van der Waals surface area contributed by atoms with Crippen molar-refractivity contribution in [2.45, 2.75) is 33.3 Å². The number of nitrogens with one attached hydrogen (secondary N) is 3. The highest BCUT2D eigenvalue weighted by Gasteiger charge is 2.18. The van der Waals surface area contributed by atoms with Gasteiger partial charge in [-0.25, -0.2) is 4.79 Å². The van der Waals surface area contributed by atoms with Gasteiger partial charge in [0.05, 0.1) is 11.4 Å². The number of amides is 3. The second-order valence-electron chi connectivity index (χ2n) is 8.89. The molecule has 35 heavy (non-hydrogen) atoms. The first kappa shape index (κ1) is 25.2. The van der Waals surface area contributed by atoms with Gasteiger partial charge in [-0.1, -0.05) is 48.6 Å². The summed E-state index contributed by atoms with van der Waals surface area (Å²) in [6, 6.07) is 21.7. The van der Waals surface area contributed by atoms with Crippen molar-refractivity contribution in [3.05, 3.63) is 89.5 Å². The van der Waals surface area contributed by atoms with E-state index in [1.807, 2.05) is 48.6 Å². The summed E-state index contributed by atoms with van der Waals surface area (Å²) in [5.41, 5.74) is 3.01. The molecule has 0 radical (unpaired) electrons. The van der Waals surface area contributed by atoms with Crippen LogP contribution in [-0.2, 0) is 9.53 Å². The summed E-state index contributed by atoms with van der Waals surface area (Å²) in [6.07, 6.45) is 3.26. The van der Waals surface area contributed by atoms with Crippen molar-refractivity contribution in [2.24, 2.45) is 0 Å². The molecule has 0 heterocycles. The highest BCUT2D eigenvalue weighted by atomic mass is 16.6. The molecule has 0 saturated heterocycles. The fourth-order valence-corrected chi connectivity index (χ4v) is 3.15. The van der Waals surface area contributed by atoms with Gasteiger partial charge in [-0.3, -0.25) is 14.9 Å². The molecule has 0 saturated carbocycles. The molecule has 0 aliphatic rings. The molecule has 3 amide bonds. The van der Waals surface area contributed by atoms with E-state index in [0.29, 0.717) is 22.6 Å². The highest BCUT2D eigenvalue weighted by Crippen LogP contribution is 2.26. The Morgan fingerprint density at radius 1 is 0.743 bits per heavy atom. The lowest BCUT2D eigenvalue weighted by atomic mass is 10.1. The van der Waals surface area contributed by atoms with Crippen LogP contribution in [0.3, 0.4) is 0 Å². The molecule has 0 fully saturated rings. The Kier molecular flexibility index (Phi) is 8.04. The zero-order valence-corrected chi connectivity index (χ0v) is 20.2. The van der Waals surface area contributed by atoms with E-state index < -0.39 is 11.7 Å². The molecular weight excluding hydrogens is 442 g/mol. The Balaban J connectivity index is 1.85. The quantitative estimate of drug-likeness (QED) is 0.362. The smallest absolute Gasteiger partial charge is 0.412 e. The van der Waals surface area contributed by atoms with Gasteiger partial charge >= 0.3 is 6.09 Å². The number of anilines is 3. The van der Waals surface area contributed by atoms with Crippen LogP contribution in [0.15, 0.2) is 72.8 Å². The van der Waals surface area contributed by atoms with Crippen LogP contribution in [0.2, 0.25) is 0 Å². The van der Waals surface area contributed by atoms with Crippen LogP contribution in [0, 0.1) is 0 Å². The summed E-state index contributed by atoms with van der Waals surface area (Å²) >= 11 is 0. The fourth-order valence-electron chi connectivity index (χ4n) is 3.15. The Morgan fingerprint density at radius 2 is 1.40 bits per heavy atom. The van der Waals surface area contributed by atoms with Crippen molar-refractivity contribution < 1.29 is 19.1 Å². The minimum atomic E-state index is -0.665. The van der Waals surface area contributed by atoms with Gasteiger partial charge in [0.2, 0.25) is 5.91 Å². The van der Waals surface area contributed by atoms with Crippen LogP contribution in [-0.4, -0.2) is 23.5 Å². The predicted molar refractivity (Wildman–Crippen MR) is 140 cm³/mol. The van der Waals surface area contributed by atoms with Gasteiger partial charge in [0, 0.05) is 18.2 Å². The molecule has 0 aliphatic carbocycles. The van der Waals surface area contributed by atoms with Gasteiger partial charge < -0.3 is 15.4 Å². The highest BCUT2D eigenvalue weighted by molar-refractivity contribution is 6.07. The zero-order chi connectivity index (χ0) is 25.4. The third-order valence-electron chi connectivity index (χ3n) is 4.66. The van der Waals surface area contributed by atoms with Gasteiger partial charge in [0.1, 0.15) is 5.60 Å². The van der Waals surface area contributed by atoms with E-state index in [9.17, 15) is 14.4 Å². The molecule has 0 atom stereocenters. The number of carbonyl (C=O) groups excluding carboxylic acids is 3. The second-order valence-corrected chi connectivity index (χ2v) is 8.89. The third-order valence-corrected chi connectivity index (χ3v) is 4.66. The molecule has 0 aliphatic heterocycles. The Morgan fingerprint density at radius 3 is 2.03 bits per heavy atom. The Hall–Kier alpha value is -4.39. The van der Waals surface area contributed by atoms with E-state index >= 15 is 0 Å². The van der Waals surface area contributed by atoms with Crippen LogP contribution in [0.5, 0.6) is 0 Å². The zero-order valence-electron chi connectivity index (χ0n) is 20.2. The number of hydrogen-bond donors (Lipinski definition) is 3. The third kappa shape index (κ3) is 8.16. The lowest BCUT2D eigenvalue weighted by Gasteiger charge is -2.20. The van der Waals surface area contributed by atoms with E-state index in [1.165, 1.54) is 6.92 Å². The molecule has 0 aromatic heterocycles. The maximum Gasteiger partial charge on any atom is 0.412 e. The molecule has 7 nitrogen and oxygen atoms in total. The largest absolute Gasteiger partial charge is 0.444 e.